The lowest BCUT2D eigenvalue weighted by Crippen LogP contribution is -2.53. The van der Waals surface area contributed by atoms with Gasteiger partial charge in [0, 0.05) is 5.92 Å². The maximum absolute atomic E-state index is 12.2. The topological polar surface area (TPSA) is 17.1 Å². The van der Waals surface area contributed by atoms with Gasteiger partial charge in [0.2, 0.25) is 0 Å². The fourth-order valence-corrected chi connectivity index (χ4v) is 7.96. The van der Waals surface area contributed by atoms with Gasteiger partial charge >= 0.3 is 0 Å². The van der Waals surface area contributed by atoms with E-state index in [0.717, 1.165) is 23.7 Å². The lowest BCUT2D eigenvalue weighted by molar-refractivity contribution is -0.133. The van der Waals surface area contributed by atoms with Crippen LogP contribution in [0, 0.1) is 40.4 Å². The van der Waals surface area contributed by atoms with Gasteiger partial charge in [-0.25, -0.2) is 0 Å². The molecule has 7 atom stereocenters. The van der Waals surface area contributed by atoms with Gasteiger partial charge in [-0.05, 0) is 92.8 Å². The molecule has 4 unspecified atom stereocenters. The van der Waals surface area contributed by atoms with Gasteiger partial charge in [-0.15, -0.1) is 0 Å². The Morgan fingerprint density at radius 3 is 2.21 bits per heavy atom. The van der Waals surface area contributed by atoms with Crippen molar-refractivity contribution in [1.29, 1.82) is 0 Å². The van der Waals surface area contributed by atoms with E-state index in [4.69, 9.17) is 0 Å². The molecule has 0 aromatic heterocycles. The van der Waals surface area contributed by atoms with E-state index < -0.39 is 0 Å². The molecule has 4 rings (SSSR count). The molecule has 138 valence electrons. The van der Waals surface area contributed by atoms with Crippen molar-refractivity contribution in [3.05, 3.63) is 0 Å². The Balaban J connectivity index is 0.000000815. The van der Waals surface area contributed by atoms with Crippen LogP contribution in [-0.4, -0.2) is 5.78 Å². The van der Waals surface area contributed by atoms with E-state index in [0.29, 0.717) is 22.5 Å². The summed E-state index contributed by atoms with van der Waals surface area (Å²) in [7, 11) is 0. The smallest absolute Gasteiger partial charge is 0.133 e. The largest absolute Gasteiger partial charge is 0.300 e. The number of fused-ring (bicyclic) bond motifs is 5. The molecule has 0 bridgehead atoms. The minimum absolute atomic E-state index is 0.338. The second kappa shape index (κ2) is 6.76. The highest BCUT2D eigenvalue weighted by Crippen LogP contribution is 2.67. The third-order valence-electron chi connectivity index (χ3n) is 9.07. The fourth-order valence-electron chi connectivity index (χ4n) is 7.96. The van der Waals surface area contributed by atoms with Crippen molar-refractivity contribution in [1.82, 2.24) is 0 Å². The Hall–Kier alpha value is -0.330. The summed E-state index contributed by atoms with van der Waals surface area (Å²) in [6.07, 6.45) is 14.1. The molecule has 0 amide bonds. The summed E-state index contributed by atoms with van der Waals surface area (Å²) < 4.78 is 0. The molecule has 1 heteroatoms. The van der Waals surface area contributed by atoms with Gasteiger partial charge in [-0.1, -0.05) is 40.5 Å². The van der Waals surface area contributed by atoms with E-state index in [2.05, 4.69) is 13.8 Å². The summed E-state index contributed by atoms with van der Waals surface area (Å²) in [6.45, 7) is 11.0. The molecule has 1 nitrogen and oxygen atoms in total. The molecule has 0 N–H and O–H groups in total. The minimum Gasteiger partial charge on any atom is -0.300 e. The fraction of sp³-hybridized carbons (Fsp3) is 0.957. The van der Waals surface area contributed by atoms with Crippen LogP contribution < -0.4 is 0 Å². The highest BCUT2D eigenvalue weighted by molar-refractivity contribution is 5.79. The van der Waals surface area contributed by atoms with Gasteiger partial charge in [0.1, 0.15) is 5.78 Å². The van der Waals surface area contributed by atoms with Crippen LogP contribution in [0.2, 0.25) is 0 Å². The van der Waals surface area contributed by atoms with Crippen molar-refractivity contribution in [3.8, 4) is 0 Å². The van der Waals surface area contributed by atoms with E-state index in [1.54, 1.807) is 0 Å². The van der Waals surface area contributed by atoms with Crippen LogP contribution in [-0.2, 0) is 4.79 Å². The van der Waals surface area contributed by atoms with Gasteiger partial charge < -0.3 is 0 Å². The molecular weight excluding hydrogens is 292 g/mol. The normalized spacial score (nSPS) is 50.0. The van der Waals surface area contributed by atoms with Gasteiger partial charge in [-0.3, -0.25) is 4.79 Å². The Kier molecular flexibility index (Phi) is 5.20. The summed E-state index contributed by atoms with van der Waals surface area (Å²) in [6, 6.07) is 0. The number of carbonyl (C=O) groups is 1. The summed E-state index contributed by atoms with van der Waals surface area (Å²) in [5.74, 6) is 4.60. The number of hydrogen-bond donors (Lipinski definition) is 0. The summed E-state index contributed by atoms with van der Waals surface area (Å²) in [4.78, 5) is 12.2. The Labute approximate surface area is 150 Å². The van der Waals surface area contributed by atoms with Crippen molar-refractivity contribution >= 4 is 5.78 Å². The first kappa shape index (κ1) is 18.5. The van der Waals surface area contributed by atoms with Crippen LogP contribution in [0.1, 0.15) is 98.8 Å². The zero-order valence-electron chi connectivity index (χ0n) is 16.9. The van der Waals surface area contributed by atoms with Gasteiger partial charge in [-0.2, -0.15) is 0 Å². The SMILES string of the molecule is CC.CC(=O)[C@H]1CCC2C3CCC4CCCC[C@]4(C)C3CC[C@@]21C. The molecule has 4 aliphatic rings. The van der Waals surface area contributed by atoms with Crippen LogP contribution in [0.15, 0.2) is 0 Å². The van der Waals surface area contributed by atoms with E-state index in [1.807, 2.05) is 20.8 Å². The highest BCUT2D eigenvalue weighted by atomic mass is 16.1. The van der Waals surface area contributed by atoms with Gasteiger partial charge in [0.05, 0.1) is 0 Å². The molecule has 4 fully saturated rings. The molecular formula is C23H40O. The van der Waals surface area contributed by atoms with Gasteiger partial charge in [0.25, 0.3) is 0 Å². The molecule has 0 radical (unpaired) electrons. The molecule has 0 heterocycles. The third-order valence-corrected chi connectivity index (χ3v) is 9.07. The molecule has 0 spiro atoms. The molecule has 0 aliphatic heterocycles. The predicted molar refractivity (Wildman–Crippen MR) is 102 cm³/mol. The zero-order valence-corrected chi connectivity index (χ0v) is 16.9. The van der Waals surface area contributed by atoms with Crippen molar-refractivity contribution in [2.45, 2.75) is 98.8 Å². The maximum Gasteiger partial charge on any atom is 0.133 e. The molecule has 24 heavy (non-hydrogen) atoms. The van der Waals surface area contributed by atoms with E-state index in [9.17, 15) is 4.79 Å². The Bertz CT molecular complexity index is 469. The molecule has 0 aromatic rings. The van der Waals surface area contributed by atoms with E-state index in [1.165, 1.54) is 64.2 Å². The van der Waals surface area contributed by atoms with Crippen LogP contribution in [0.25, 0.3) is 0 Å². The predicted octanol–water partition coefficient (Wildman–Crippen LogP) is 6.65. The Morgan fingerprint density at radius 2 is 1.50 bits per heavy atom. The van der Waals surface area contributed by atoms with E-state index >= 15 is 0 Å². The average Bonchev–Trinajstić information content (AvgIpc) is 2.93. The third kappa shape index (κ3) is 2.60. The number of hydrogen-bond acceptors (Lipinski definition) is 1. The molecule has 0 aromatic carbocycles. The van der Waals surface area contributed by atoms with E-state index in [-0.39, 0.29) is 0 Å². The summed E-state index contributed by atoms with van der Waals surface area (Å²) in [5.41, 5.74) is 0.974. The van der Waals surface area contributed by atoms with Crippen LogP contribution >= 0.6 is 0 Å². The zero-order chi connectivity index (χ0) is 17.5. The van der Waals surface area contributed by atoms with Crippen molar-refractivity contribution < 1.29 is 4.79 Å². The van der Waals surface area contributed by atoms with Crippen LogP contribution in [0.3, 0.4) is 0 Å². The number of Topliss-reactive ketones (excluding diaryl/α,β-unsaturated/α-hetero) is 1. The quantitative estimate of drug-likeness (QED) is 0.525. The molecule has 4 aliphatic carbocycles. The van der Waals surface area contributed by atoms with Crippen molar-refractivity contribution in [2.24, 2.45) is 40.4 Å². The van der Waals surface area contributed by atoms with Gasteiger partial charge in [0.15, 0.2) is 0 Å². The number of ketones is 1. The lowest BCUT2D eigenvalue weighted by atomic mass is 9.45. The minimum atomic E-state index is 0.338. The second-order valence-electron chi connectivity index (χ2n) is 9.69. The average molecular weight is 333 g/mol. The summed E-state index contributed by atoms with van der Waals surface area (Å²) in [5, 5.41) is 0. The first-order valence-electron chi connectivity index (χ1n) is 11.0. The van der Waals surface area contributed by atoms with Crippen molar-refractivity contribution in [3.63, 3.8) is 0 Å². The van der Waals surface area contributed by atoms with Crippen molar-refractivity contribution in [2.75, 3.05) is 0 Å². The monoisotopic (exact) mass is 332 g/mol. The first-order valence-corrected chi connectivity index (χ1v) is 11.0. The lowest BCUT2D eigenvalue weighted by Gasteiger charge is -2.60. The van der Waals surface area contributed by atoms with Crippen LogP contribution in [0.5, 0.6) is 0 Å². The standard InChI is InChI=1S/C21H34O.C2H6/c1-14(22)17-9-10-18-16-8-7-15-6-4-5-12-20(15,2)19(16)11-13-21(17,18)3;1-2/h15-19H,4-13H2,1-3H3;1-2H3/t15?,16?,17-,18?,19?,20+,21-;/m1./s1. The summed E-state index contributed by atoms with van der Waals surface area (Å²) >= 11 is 0. The highest BCUT2D eigenvalue weighted by Gasteiger charge is 2.60. The molecule has 0 saturated heterocycles. The maximum atomic E-state index is 12.2. The number of rotatable bonds is 1. The number of carbonyl (C=O) groups excluding carboxylic acids is 1. The first-order chi connectivity index (χ1) is 11.5. The second-order valence-corrected chi connectivity index (χ2v) is 9.69. The van der Waals surface area contributed by atoms with Crippen LogP contribution in [0.4, 0.5) is 0 Å². The molecule has 4 saturated carbocycles. The Morgan fingerprint density at radius 1 is 0.792 bits per heavy atom.